The van der Waals surface area contributed by atoms with Crippen molar-refractivity contribution in [2.24, 2.45) is 0 Å². The predicted molar refractivity (Wildman–Crippen MR) is 151 cm³/mol. The van der Waals surface area contributed by atoms with E-state index in [9.17, 15) is 4.79 Å². The summed E-state index contributed by atoms with van der Waals surface area (Å²) < 4.78 is 12.8. The van der Waals surface area contributed by atoms with E-state index in [1.54, 1.807) is 7.11 Å². The molecule has 37 heavy (non-hydrogen) atoms. The highest BCUT2D eigenvalue weighted by molar-refractivity contribution is 7.21. The van der Waals surface area contributed by atoms with Gasteiger partial charge in [0.2, 0.25) is 0 Å². The molecule has 0 unspecified atom stereocenters. The first-order valence-electron chi connectivity index (χ1n) is 12.2. The number of hydrogen-bond acceptors (Lipinski definition) is 5. The van der Waals surface area contributed by atoms with Crippen molar-refractivity contribution < 1.29 is 14.3 Å². The Labute approximate surface area is 231 Å². The molecule has 2 heterocycles. The zero-order valence-electron chi connectivity index (χ0n) is 20.5. The number of nitrogens with zero attached hydrogens (tertiary/aromatic N) is 2. The van der Waals surface area contributed by atoms with Crippen LogP contribution in [0.2, 0.25) is 10.0 Å². The van der Waals surface area contributed by atoms with Crippen LogP contribution >= 0.6 is 34.5 Å². The molecule has 1 aliphatic heterocycles. The maximum atomic E-state index is 13.3. The standard InChI is InChI=1S/C29H28Cl2N2O3S/c1-35-23-6-4-5-20(17-23)19-36-25(21-9-11-22(30)12-10-21)18-32-13-15-33(16-14-32)29(34)28-27(31)24-7-2-3-8-26(24)37-28/h2-12,17,25H,13-16,18-19H2,1H3/t25-/m0/s1. The van der Waals surface area contributed by atoms with Gasteiger partial charge in [0.05, 0.1) is 24.8 Å². The fourth-order valence-corrected chi connectivity index (χ4v) is 6.16. The van der Waals surface area contributed by atoms with Crippen molar-refractivity contribution in [2.45, 2.75) is 12.7 Å². The highest BCUT2D eigenvalue weighted by Crippen LogP contribution is 2.36. The number of fused-ring (bicyclic) bond motifs is 1. The van der Waals surface area contributed by atoms with E-state index in [2.05, 4.69) is 4.90 Å². The van der Waals surface area contributed by atoms with Crippen LogP contribution in [0.25, 0.3) is 10.1 Å². The van der Waals surface area contributed by atoms with E-state index >= 15 is 0 Å². The molecule has 0 saturated carbocycles. The molecule has 1 saturated heterocycles. The van der Waals surface area contributed by atoms with Crippen LogP contribution < -0.4 is 4.74 Å². The molecule has 192 valence electrons. The Morgan fingerprint density at radius 3 is 2.46 bits per heavy atom. The lowest BCUT2D eigenvalue weighted by Gasteiger charge is -2.36. The minimum Gasteiger partial charge on any atom is -0.497 e. The first kappa shape index (κ1) is 26.0. The molecule has 1 fully saturated rings. The number of hydrogen-bond donors (Lipinski definition) is 0. The molecule has 1 atom stereocenters. The number of rotatable bonds is 8. The Morgan fingerprint density at radius 1 is 0.973 bits per heavy atom. The smallest absolute Gasteiger partial charge is 0.265 e. The predicted octanol–water partition coefficient (Wildman–Crippen LogP) is 6.93. The molecule has 1 amide bonds. The zero-order chi connectivity index (χ0) is 25.8. The number of amides is 1. The van der Waals surface area contributed by atoms with Gasteiger partial charge in [-0.1, -0.05) is 65.7 Å². The molecule has 0 bridgehead atoms. The van der Waals surface area contributed by atoms with Crippen LogP contribution in [-0.4, -0.2) is 55.5 Å². The van der Waals surface area contributed by atoms with Gasteiger partial charge in [0.15, 0.2) is 0 Å². The van der Waals surface area contributed by atoms with Crippen molar-refractivity contribution in [2.75, 3.05) is 39.8 Å². The van der Waals surface area contributed by atoms with E-state index in [4.69, 9.17) is 32.7 Å². The molecule has 5 nitrogen and oxygen atoms in total. The second-order valence-electron chi connectivity index (χ2n) is 9.04. The third kappa shape index (κ3) is 6.11. The molecule has 0 aliphatic carbocycles. The molecule has 1 aliphatic rings. The summed E-state index contributed by atoms with van der Waals surface area (Å²) in [5.41, 5.74) is 2.12. The fourth-order valence-electron chi connectivity index (χ4n) is 4.55. The van der Waals surface area contributed by atoms with Gasteiger partial charge in [-0.3, -0.25) is 9.69 Å². The lowest BCUT2D eigenvalue weighted by atomic mass is 10.1. The first-order chi connectivity index (χ1) is 18.0. The van der Waals surface area contributed by atoms with Crippen molar-refractivity contribution in [3.63, 3.8) is 0 Å². The molecule has 1 aromatic heterocycles. The van der Waals surface area contributed by atoms with E-state index in [1.165, 1.54) is 11.3 Å². The monoisotopic (exact) mass is 554 g/mol. The van der Waals surface area contributed by atoms with Crippen LogP contribution in [0.4, 0.5) is 0 Å². The minimum atomic E-state index is -0.136. The van der Waals surface area contributed by atoms with Crippen molar-refractivity contribution in [3.8, 4) is 5.75 Å². The third-order valence-corrected chi connectivity index (χ3v) is 8.56. The summed E-state index contributed by atoms with van der Waals surface area (Å²) in [6.07, 6.45) is -0.136. The zero-order valence-corrected chi connectivity index (χ0v) is 22.9. The van der Waals surface area contributed by atoms with Crippen LogP contribution in [0.5, 0.6) is 5.75 Å². The Kier molecular flexibility index (Phi) is 8.33. The Morgan fingerprint density at radius 2 is 1.73 bits per heavy atom. The van der Waals surface area contributed by atoms with Crippen molar-refractivity contribution in [1.82, 2.24) is 9.80 Å². The Bertz CT molecular complexity index is 1370. The van der Waals surface area contributed by atoms with Gasteiger partial charge in [0, 0.05) is 47.8 Å². The summed E-state index contributed by atoms with van der Waals surface area (Å²) >= 11 is 14.2. The van der Waals surface area contributed by atoms with Gasteiger partial charge < -0.3 is 14.4 Å². The van der Waals surface area contributed by atoms with Crippen molar-refractivity contribution in [3.05, 3.63) is 98.8 Å². The highest BCUT2D eigenvalue weighted by Gasteiger charge is 2.27. The SMILES string of the molecule is COc1cccc(CO[C@@H](CN2CCN(C(=O)c3sc4ccccc4c3Cl)CC2)c2ccc(Cl)cc2)c1. The molecule has 0 radical (unpaired) electrons. The molecule has 5 rings (SSSR count). The minimum absolute atomic E-state index is 0.00868. The van der Waals surface area contributed by atoms with E-state index in [-0.39, 0.29) is 12.0 Å². The molecule has 0 spiro atoms. The average Bonchev–Trinajstić information content (AvgIpc) is 3.28. The molecule has 0 N–H and O–H groups in total. The topological polar surface area (TPSA) is 42.0 Å². The van der Waals surface area contributed by atoms with Gasteiger partial charge in [0.1, 0.15) is 10.6 Å². The lowest BCUT2D eigenvalue weighted by molar-refractivity contribution is 0.00343. The molecule has 3 aromatic carbocycles. The van der Waals surface area contributed by atoms with Crippen molar-refractivity contribution in [1.29, 1.82) is 0 Å². The first-order valence-corrected chi connectivity index (χ1v) is 13.8. The molecular weight excluding hydrogens is 527 g/mol. The Balaban J connectivity index is 1.24. The number of carbonyl (C=O) groups excluding carboxylic acids is 1. The fraction of sp³-hybridized carbons (Fsp3) is 0.276. The van der Waals surface area contributed by atoms with Gasteiger partial charge in [-0.25, -0.2) is 0 Å². The van der Waals surface area contributed by atoms with Crippen LogP contribution in [0, 0.1) is 0 Å². The molecule has 8 heteroatoms. The third-order valence-electron chi connectivity index (χ3n) is 6.64. The number of halogens is 2. The molecule has 4 aromatic rings. The van der Waals surface area contributed by atoms with E-state index in [0.717, 1.165) is 46.6 Å². The number of ether oxygens (including phenoxy) is 2. The lowest BCUT2D eigenvalue weighted by Crippen LogP contribution is -2.49. The van der Waals surface area contributed by atoms with Crippen LogP contribution in [-0.2, 0) is 11.3 Å². The number of carbonyl (C=O) groups is 1. The second-order valence-corrected chi connectivity index (χ2v) is 10.9. The van der Waals surface area contributed by atoms with Gasteiger partial charge >= 0.3 is 0 Å². The maximum Gasteiger partial charge on any atom is 0.265 e. The van der Waals surface area contributed by atoms with Gasteiger partial charge in [-0.05, 0) is 41.5 Å². The van der Waals surface area contributed by atoms with Crippen molar-refractivity contribution >= 4 is 50.5 Å². The summed E-state index contributed by atoms with van der Waals surface area (Å²) in [5.74, 6) is 0.818. The summed E-state index contributed by atoms with van der Waals surface area (Å²) in [4.78, 5) is 18.1. The van der Waals surface area contributed by atoms with E-state index < -0.39 is 0 Å². The second kappa shape index (κ2) is 11.8. The Hall–Kier alpha value is -2.61. The van der Waals surface area contributed by atoms with E-state index in [1.807, 2.05) is 77.7 Å². The normalized spacial score (nSPS) is 15.2. The highest BCUT2D eigenvalue weighted by atomic mass is 35.5. The average molecular weight is 556 g/mol. The molecular formula is C29H28Cl2N2O3S. The van der Waals surface area contributed by atoms with Gasteiger partial charge in [-0.2, -0.15) is 0 Å². The number of benzene rings is 3. The summed E-state index contributed by atoms with van der Waals surface area (Å²) in [6, 6.07) is 23.6. The van der Waals surface area contributed by atoms with Crippen LogP contribution in [0.3, 0.4) is 0 Å². The summed E-state index contributed by atoms with van der Waals surface area (Å²) in [7, 11) is 1.66. The number of methoxy groups -OCH3 is 1. The quantitative estimate of drug-likeness (QED) is 0.236. The van der Waals surface area contributed by atoms with Gasteiger partial charge in [-0.15, -0.1) is 11.3 Å². The van der Waals surface area contributed by atoms with Crippen LogP contribution in [0.1, 0.15) is 26.9 Å². The van der Waals surface area contributed by atoms with Crippen LogP contribution in [0.15, 0.2) is 72.8 Å². The number of thiophene rings is 1. The van der Waals surface area contributed by atoms with Gasteiger partial charge in [0.25, 0.3) is 5.91 Å². The number of piperazine rings is 1. The maximum absolute atomic E-state index is 13.3. The summed E-state index contributed by atoms with van der Waals surface area (Å²) in [6.45, 7) is 4.01. The largest absolute Gasteiger partial charge is 0.497 e. The summed E-state index contributed by atoms with van der Waals surface area (Å²) in [5, 5.41) is 2.19. The van der Waals surface area contributed by atoms with E-state index in [0.29, 0.717) is 34.6 Å².